The zero-order valence-corrected chi connectivity index (χ0v) is 20.8. The zero-order chi connectivity index (χ0) is 24.8. The number of ether oxygens (including phenoxy) is 1. The third-order valence-electron chi connectivity index (χ3n) is 6.44. The Balaban J connectivity index is 1.40. The summed E-state index contributed by atoms with van der Waals surface area (Å²) in [5.74, 6) is 0.826. The summed E-state index contributed by atoms with van der Waals surface area (Å²) >= 11 is 5.95. The van der Waals surface area contributed by atoms with E-state index in [2.05, 4.69) is 5.32 Å². The van der Waals surface area contributed by atoms with Crippen molar-refractivity contribution in [3.63, 3.8) is 0 Å². The zero-order valence-electron chi connectivity index (χ0n) is 20.1. The third-order valence-corrected chi connectivity index (χ3v) is 6.69. The standard InChI is InChI=1S/C28H30ClN3O3/c1-19-7-12-24(27(33)30-16-13-20-5-3-4-6-25(20)35-2)26(31-19)21-14-17-32(18-15-21)28(34)22-8-10-23(29)11-9-22/h3-12,21H,13-18H2,1-2H3,(H,30,33). The maximum absolute atomic E-state index is 13.1. The number of aryl methyl sites for hydroxylation is 1. The van der Waals surface area contributed by atoms with Crippen LogP contribution in [0.3, 0.4) is 0 Å². The third kappa shape index (κ3) is 6.01. The summed E-state index contributed by atoms with van der Waals surface area (Å²) in [6.45, 7) is 3.68. The first-order valence-electron chi connectivity index (χ1n) is 11.9. The molecule has 35 heavy (non-hydrogen) atoms. The molecule has 0 aliphatic carbocycles. The van der Waals surface area contributed by atoms with E-state index >= 15 is 0 Å². The maximum Gasteiger partial charge on any atom is 0.253 e. The van der Waals surface area contributed by atoms with Gasteiger partial charge in [-0.05, 0) is 74.2 Å². The summed E-state index contributed by atoms with van der Waals surface area (Å²) in [6, 6.07) is 18.5. The number of hydrogen-bond acceptors (Lipinski definition) is 4. The van der Waals surface area contributed by atoms with E-state index < -0.39 is 0 Å². The average Bonchev–Trinajstić information content (AvgIpc) is 2.89. The predicted molar refractivity (Wildman–Crippen MR) is 137 cm³/mol. The van der Waals surface area contributed by atoms with Crippen molar-refractivity contribution in [1.82, 2.24) is 15.2 Å². The second-order valence-electron chi connectivity index (χ2n) is 8.78. The van der Waals surface area contributed by atoms with E-state index in [0.717, 1.165) is 35.5 Å². The summed E-state index contributed by atoms with van der Waals surface area (Å²) in [5, 5.41) is 3.65. The number of rotatable bonds is 7. The number of pyridine rings is 1. The lowest BCUT2D eigenvalue weighted by Gasteiger charge is -2.32. The molecule has 2 amide bonds. The summed E-state index contributed by atoms with van der Waals surface area (Å²) in [6.07, 6.45) is 2.20. The van der Waals surface area contributed by atoms with E-state index in [1.54, 1.807) is 31.4 Å². The summed E-state index contributed by atoms with van der Waals surface area (Å²) in [7, 11) is 1.65. The van der Waals surface area contributed by atoms with Crippen molar-refractivity contribution in [2.24, 2.45) is 0 Å². The average molecular weight is 492 g/mol. The van der Waals surface area contributed by atoms with Gasteiger partial charge in [0.2, 0.25) is 0 Å². The highest BCUT2D eigenvalue weighted by molar-refractivity contribution is 6.30. The van der Waals surface area contributed by atoms with Gasteiger partial charge in [0.15, 0.2) is 0 Å². The minimum absolute atomic E-state index is 0.00613. The highest BCUT2D eigenvalue weighted by Crippen LogP contribution is 2.30. The molecule has 7 heteroatoms. The molecule has 0 saturated carbocycles. The Labute approximate surface area is 211 Å². The molecule has 0 atom stereocenters. The molecule has 1 aliphatic rings. The van der Waals surface area contributed by atoms with Crippen LogP contribution in [-0.2, 0) is 6.42 Å². The molecule has 182 valence electrons. The normalized spacial score (nSPS) is 14.0. The minimum atomic E-state index is -0.123. The number of benzene rings is 2. The highest BCUT2D eigenvalue weighted by atomic mass is 35.5. The van der Waals surface area contributed by atoms with Crippen LogP contribution >= 0.6 is 11.6 Å². The van der Waals surface area contributed by atoms with Gasteiger partial charge in [0.1, 0.15) is 5.75 Å². The van der Waals surface area contributed by atoms with E-state index in [9.17, 15) is 9.59 Å². The van der Waals surface area contributed by atoms with Gasteiger partial charge in [-0.3, -0.25) is 14.6 Å². The van der Waals surface area contributed by atoms with Gasteiger partial charge in [-0.1, -0.05) is 29.8 Å². The van der Waals surface area contributed by atoms with E-state index in [1.807, 2.05) is 48.2 Å². The number of likely N-dealkylation sites (tertiary alicyclic amines) is 1. The predicted octanol–water partition coefficient (Wildman–Crippen LogP) is 5.04. The summed E-state index contributed by atoms with van der Waals surface area (Å²) in [5.41, 5.74) is 3.99. The molecule has 6 nitrogen and oxygen atoms in total. The van der Waals surface area contributed by atoms with Crippen molar-refractivity contribution in [1.29, 1.82) is 0 Å². The molecule has 0 radical (unpaired) electrons. The van der Waals surface area contributed by atoms with Crippen molar-refractivity contribution in [2.45, 2.75) is 32.1 Å². The molecular weight excluding hydrogens is 462 g/mol. The number of carbonyl (C=O) groups excluding carboxylic acids is 2. The topological polar surface area (TPSA) is 71.5 Å². The molecule has 2 aromatic carbocycles. The minimum Gasteiger partial charge on any atom is -0.496 e. The lowest BCUT2D eigenvalue weighted by molar-refractivity contribution is 0.0710. The maximum atomic E-state index is 13.1. The number of amides is 2. The van der Waals surface area contributed by atoms with Crippen LogP contribution in [0.15, 0.2) is 60.7 Å². The van der Waals surface area contributed by atoms with E-state index in [1.165, 1.54) is 0 Å². The molecule has 4 rings (SSSR count). The SMILES string of the molecule is COc1ccccc1CCNC(=O)c1ccc(C)nc1C1CCN(C(=O)c2ccc(Cl)cc2)CC1. The number of nitrogens with one attached hydrogen (secondary N) is 1. The van der Waals surface area contributed by atoms with Crippen LogP contribution in [0.4, 0.5) is 0 Å². The second-order valence-corrected chi connectivity index (χ2v) is 9.21. The van der Waals surface area contributed by atoms with Crippen LogP contribution in [0, 0.1) is 6.92 Å². The molecule has 0 unspecified atom stereocenters. The number of hydrogen-bond donors (Lipinski definition) is 1. The van der Waals surface area contributed by atoms with Gasteiger partial charge in [-0.25, -0.2) is 0 Å². The first-order valence-corrected chi connectivity index (χ1v) is 12.3. The van der Waals surface area contributed by atoms with Crippen molar-refractivity contribution >= 4 is 23.4 Å². The van der Waals surface area contributed by atoms with Crippen molar-refractivity contribution in [3.05, 3.63) is 93.8 Å². The van der Waals surface area contributed by atoms with Crippen LogP contribution in [0.5, 0.6) is 5.75 Å². The number of halogens is 1. The lowest BCUT2D eigenvalue weighted by atomic mass is 9.89. The molecule has 3 aromatic rings. The lowest BCUT2D eigenvalue weighted by Crippen LogP contribution is -2.38. The quantitative estimate of drug-likeness (QED) is 0.502. The molecule has 2 heterocycles. The second kappa shape index (κ2) is 11.4. The Morgan fingerprint density at radius 2 is 1.77 bits per heavy atom. The van der Waals surface area contributed by atoms with Crippen molar-refractivity contribution in [3.8, 4) is 5.75 Å². The van der Waals surface area contributed by atoms with E-state index in [-0.39, 0.29) is 17.7 Å². The van der Waals surface area contributed by atoms with Crippen LogP contribution in [-0.4, -0.2) is 48.4 Å². The van der Waals surface area contributed by atoms with E-state index in [4.69, 9.17) is 21.3 Å². The fourth-order valence-electron chi connectivity index (χ4n) is 4.53. The molecule has 1 aliphatic heterocycles. The largest absolute Gasteiger partial charge is 0.496 e. The molecule has 1 N–H and O–H groups in total. The number of para-hydroxylation sites is 1. The summed E-state index contributed by atoms with van der Waals surface area (Å²) in [4.78, 5) is 32.6. The van der Waals surface area contributed by atoms with Gasteiger partial charge >= 0.3 is 0 Å². The fraction of sp³-hybridized carbons (Fsp3) is 0.321. The molecule has 0 spiro atoms. The Morgan fingerprint density at radius 1 is 1.06 bits per heavy atom. The number of nitrogens with zero attached hydrogens (tertiary/aromatic N) is 2. The van der Waals surface area contributed by atoms with Gasteiger partial charge in [-0.15, -0.1) is 0 Å². The summed E-state index contributed by atoms with van der Waals surface area (Å²) < 4.78 is 5.40. The first-order chi connectivity index (χ1) is 17.0. The number of methoxy groups -OCH3 is 1. The Morgan fingerprint density at radius 3 is 2.49 bits per heavy atom. The number of carbonyl (C=O) groups is 2. The van der Waals surface area contributed by atoms with Crippen LogP contribution in [0.1, 0.15) is 56.4 Å². The molecule has 1 fully saturated rings. The Kier molecular flexibility index (Phi) is 8.03. The Bertz CT molecular complexity index is 1190. The highest BCUT2D eigenvalue weighted by Gasteiger charge is 2.28. The molecule has 1 aromatic heterocycles. The van der Waals surface area contributed by atoms with Gasteiger partial charge < -0.3 is 15.0 Å². The van der Waals surface area contributed by atoms with Gasteiger partial charge in [-0.2, -0.15) is 0 Å². The number of aromatic nitrogens is 1. The van der Waals surface area contributed by atoms with Crippen LogP contribution in [0.25, 0.3) is 0 Å². The smallest absolute Gasteiger partial charge is 0.253 e. The first kappa shape index (κ1) is 24.7. The van der Waals surface area contributed by atoms with Gasteiger partial charge in [0, 0.05) is 41.8 Å². The molecule has 1 saturated heterocycles. The van der Waals surface area contributed by atoms with Crippen molar-refractivity contribution < 1.29 is 14.3 Å². The monoisotopic (exact) mass is 491 g/mol. The van der Waals surface area contributed by atoms with Gasteiger partial charge in [0.25, 0.3) is 11.8 Å². The van der Waals surface area contributed by atoms with E-state index in [0.29, 0.717) is 42.2 Å². The number of piperidine rings is 1. The Hall–Kier alpha value is -3.38. The van der Waals surface area contributed by atoms with Crippen LogP contribution < -0.4 is 10.1 Å². The fourth-order valence-corrected chi connectivity index (χ4v) is 4.65. The molecule has 0 bridgehead atoms. The van der Waals surface area contributed by atoms with Crippen LogP contribution in [0.2, 0.25) is 5.02 Å². The molecular formula is C28H30ClN3O3. The van der Waals surface area contributed by atoms with Crippen molar-refractivity contribution in [2.75, 3.05) is 26.7 Å². The van der Waals surface area contributed by atoms with Gasteiger partial charge in [0.05, 0.1) is 18.4 Å².